The summed E-state index contributed by atoms with van der Waals surface area (Å²) in [5, 5.41) is 2.67. The molecule has 1 amide bonds. The molecule has 1 aromatic rings. The van der Waals surface area contributed by atoms with E-state index in [4.69, 9.17) is 0 Å². The van der Waals surface area contributed by atoms with E-state index >= 15 is 0 Å². The van der Waals surface area contributed by atoms with E-state index in [1.54, 1.807) is 6.92 Å². The number of nitrogens with zero attached hydrogens (tertiary/aromatic N) is 1. The molecule has 0 radical (unpaired) electrons. The Morgan fingerprint density at radius 1 is 1.24 bits per heavy atom. The van der Waals surface area contributed by atoms with Crippen molar-refractivity contribution >= 4 is 5.91 Å². The van der Waals surface area contributed by atoms with Gasteiger partial charge in [0.1, 0.15) is 0 Å². The summed E-state index contributed by atoms with van der Waals surface area (Å²) in [6.45, 7) is 19.9. The normalized spacial score (nSPS) is 13.4. The van der Waals surface area contributed by atoms with Gasteiger partial charge in [-0.25, -0.2) is 0 Å². The number of hydrogen-bond acceptors (Lipinski definition) is 2. The van der Waals surface area contributed by atoms with E-state index in [9.17, 15) is 4.79 Å². The molecular weight excluding hydrogens is 308 g/mol. The van der Waals surface area contributed by atoms with Gasteiger partial charge in [-0.1, -0.05) is 59.6 Å². The van der Waals surface area contributed by atoms with Gasteiger partial charge in [0.25, 0.3) is 0 Å². The van der Waals surface area contributed by atoms with Crippen molar-refractivity contribution in [2.45, 2.75) is 81.1 Å². The molecule has 0 atom stereocenters. The van der Waals surface area contributed by atoms with E-state index in [1.165, 1.54) is 24.8 Å². The van der Waals surface area contributed by atoms with Crippen LogP contribution < -0.4 is 5.32 Å². The first-order valence-electron chi connectivity index (χ1n) is 9.27. The van der Waals surface area contributed by atoms with Crippen LogP contribution in [0.25, 0.3) is 0 Å². The van der Waals surface area contributed by atoms with Crippen LogP contribution >= 0.6 is 0 Å². The Morgan fingerprint density at radius 3 is 2.04 bits per heavy atom. The van der Waals surface area contributed by atoms with Crippen LogP contribution in [-0.2, 0) is 4.79 Å². The molecule has 1 aliphatic carbocycles. The highest BCUT2D eigenvalue weighted by atomic mass is 16.1. The highest BCUT2D eigenvalue weighted by Gasteiger charge is 2.15. The Hall–Kier alpha value is -1.64. The summed E-state index contributed by atoms with van der Waals surface area (Å²) in [4.78, 5) is 15.4. The van der Waals surface area contributed by atoms with Crippen LogP contribution in [0.4, 0.5) is 0 Å². The Kier molecular flexibility index (Phi) is 10.3. The van der Waals surface area contributed by atoms with Gasteiger partial charge in [0.15, 0.2) is 0 Å². The number of allylic oxidation sites excluding steroid dienone is 1. The zero-order valence-corrected chi connectivity index (χ0v) is 17.6. The summed E-state index contributed by atoms with van der Waals surface area (Å²) >= 11 is 0. The first kappa shape index (κ1) is 23.4. The lowest BCUT2D eigenvalue weighted by Gasteiger charge is -2.18. The molecule has 1 aromatic heterocycles. The predicted molar refractivity (Wildman–Crippen MR) is 108 cm³/mol. The maximum atomic E-state index is 11.1. The van der Waals surface area contributed by atoms with Crippen LogP contribution in [0.2, 0.25) is 0 Å². The lowest BCUT2D eigenvalue weighted by molar-refractivity contribution is -0.122. The first-order chi connectivity index (χ1) is 11.4. The molecule has 0 saturated heterocycles. The molecule has 25 heavy (non-hydrogen) atoms. The van der Waals surface area contributed by atoms with Gasteiger partial charge in [-0.15, -0.1) is 0 Å². The third kappa shape index (κ3) is 13.3. The molecule has 2 rings (SSSR count). The quantitative estimate of drug-likeness (QED) is 0.726. The number of carbonyl (C=O) groups is 1. The number of nitrogens with one attached hydrogen (secondary N) is 1. The number of amides is 1. The van der Waals surface area contributed by atoms with E-state index < -0.39 is 0 Å². The van der Waals surface area contributed by atoms with Gasteiger partial charge in [0.2, 0.25) is 5.91 Å². The van der Waals surface area contributed by atoms with E-state index in [0.29, 0.717) is 12.1 Å². The molecule has 142 valence electrons. The largest absolute Gasteiger partial charge is 0.331 e. The van der Waals surface area contributed by atoms with Crippen molar-refractivity contribution in [1.82, 2.24) is 10.3 Å². The van der Waals surface area contributed by atoms with Crippen molar-refractivity contribution in [2.24, 2.45) is 11.3 Å². The summed E-state index contributed by atoms with van der Waals surface area (Å²) in [7, 11) is 0. The van der Waals surface area contributed by atoms with Crippen molar-refractivity contribution in [3.05, 3.63) is 41.4 Å². The van der Waals surface area contributed by atoms with Crippen molar-refractivity contribution in [3.63, 3.8) is 0 Å². The van der Waals surface area contributed by atoms with Crippen LogP contribution in [0.3, 0.4) is 0 Å². The summed E-state index contributed by atoms with van der Waals surface area (Å²) in [5.74, 6) is 1.11. The fourth-order valence-electron chi connectivity index (χ4n) is 2.13. The Bertz CT molecular complexity index is 552. The highest BCUT2D eigenvalue weighted by molar-refractivity contribution is 5.78. The average molecular weight is 347 g/mol. The first-order valence-corrected chi connectivity index (χ1v) is 9.27. The number of rotatable bonds is 2. The molecule has 0 bridgehead atoms. The average Bonchev–Trinajstić information content (AvgIpc) is 2.39. The fourth-order valence-corrected chi connectivity index (χ4v) is 2.13. The minimum absolute atomic E-state index is 0.0463. The minimum Gasteiger partial charge on any atom is -0.331 e. The Balaban J connectivity index is 0.000000366. The van der Waals surface area contributed by atoms with Gasteiger partial charge in [-0.3, -0.25) is 9.78 Å². The van der Waals surface area contributed by atoms with Gasteiger partial charge in [0, 0.05) is 23.5 Å². The number of aryl methyl sites for hydroxylation is 3. The molecular formula is C22H38N2O. The minimum atomic E-state index is 0.0463. The third-order valence-corrected chi connectivity index (χ3v) is 3.93. The summed E-state index contributed by atoms with van der Waals surface area (Å²) < 4.78 is 0. The Labute approximate surface area is 155 Å². The number of aromatic nitrogens is 1. The SMILES string of the molecule is C=C(C)NC(=O)CC(C)(C)C.CC1CCC1.Cc1ccc(C)c(C)n1. The number of carbonyl (C=O) groups excluding carboxylic acids is 1. The molecule has 0 unspecified atom stereocenters. The summed E-state index contributed by atoms with van der Waals surface area (Å²) in [5.41, 5.74) is 4.26. The third-order valence-electron chi connectivity index (χ3n) is 3.93. The van der Waals surface area contributed by atoms with E-state index in [-0.39, 0.29) is 11.3 Å². The van der Waals surface area contributed by atoms with E-state index in [0.717, 1.165) is 17.3 Å². The lowest BCUT2D eigenvalue weighted by Crippen LogP contribution is -2.25. The molecule has 1 N–H and O–H groups in total. The van der Waals surface area contributed by atoms with Crippen LogP contribution in [0.15, 0.2) is 24.4 Å². The van der Waals surface area contributed by atoms with Crippen molar-refractivity contribution in [1.29, 1.82) is 0 Å². The standard InChI is InChI=1S/C9H17NO.C8H11N.C5H10/c1-7(2)10-8(11)6-9(3,4)5;1-6-4-5-7(2)9-8(6)3;1-5-3-2-4-5/h1,6H2,2-5H3,(H,10,11);4-5H,1-3H3;5H,2-4H2,1H3. The maximum Gasteiger partial charge on any atom is 0.224 e. The maximum absolute atomic E-state index is 11.1. The molecule has 0 spiro atoms. The topological polar surface area (TPSA) is 42.0 Å². The van der Waals surface area contributed by atoms with Crippen molar-refractivity contribution in [2.75, 3.05) is 0 Å². The van der Waals surface area contributed by atoms with Gasteiger partial charge >= 0.3 is 0 Å². The molecule has 1 heterocycles. The van der Waals surface area contributed by atoms with Gasteiger partial charge in [-0.2, -0.15) is 0 Å². The van der Waals surface area contributed by atoms with E-state index in [2.05, 4.69) is 36.8 Å². The second-order valence-electron chi connectivity index (χ2n) is 8.46. The molecule has 0 aromatic carbocycles. The van der Waals surface area contributed by atoms with Gasteiger partial charge < -0.3 is 5.32 Å². The molecule has 1 saturated carbocycles. The molecule has 3 nitrogen and oxygen atoms in total. The Morgan fingerprint density at radius 2 is 1.76 bits per heavy atom. The smallest absolute Gasteiger partial charge is 0.224 e. The van der Waals surface area contributed by atoms with Gasteiger partial charge in [-0.05, 0) is 50.7 Å². The van der Waals surface area contributed by atoms with Crippen LogP contribution in [0.1, 0.15) is 77.3 Å². The van der Waals surface area contributed by atoms with Crippen LogP contribution in [0, 0.1) is 32.1 Å². The highest BCUT2D eigenvalue weighted by Crippen LogP contribution is 2.24. The van der Waals surface area contributed by atoms with Crippen molar-refractivity contribution < 1.29 is 4.79 Å². The monoisotopic (exact) mass is 346 g/mol. The molecule has 3 heteroatoms. The number of pyridine rings is 1. The molecule has 0 aliphatic heterocycles. The van der Waals surface area contributed by atoms with Crippen LogP contribution in [-0.4, -0.2) is 10.9 Å². The van der Waals surface area contributed by atoms with Crippen molar-refractivity contribution in [3.8, 4) is 0 Å². The second-order valence-corrected chi connectivity index (χ2v) is 8.46. The zero-order chi connectivity index (χ0) is 19.6. The summed E-state index contributed by atoms with van der Waals surface area (Å²) in [6.07, 6.45) is 5.00. The molecule has 1 aliphatic rings. The van der Waals surface area contributed by atoms with E-state index in [1.807, 2.05) is 40.7 Å². The molecule has 1 fully saturated rings. The summed E-state index contributed by atoms with van der Waals surface area (Å²) in [6, 6.07) is 4.12. The van der Waals surface area contributed by atoms with Gasteiger partial charge in [0.05, 0.1) is 0 Å². The second kappa shape index (κ2) is 11.1. The lowest BCUT2D eigenvalue weighted by atomic mass is 9.88. The zero-order valence-electron chi connectivity index (χ0n) is 17.6. The van der Waals surface area contributed by atoms with Crippen LogP contribution in [0.5, 0.6) is 0 Å². The number of hydrogen-bond donors (Lipinski definition) is 1. The predicted octanol–water partition coefficient (Wildman–Crippen LogP) is 5.89. The fraction of sp³-hybridized carbons (Fsp3) is 0.636.